The van der Waals surface area contributed by atoms with E-state index in [-0.39, 0.29) is 17.9 Å². The van der Waals surface area contributed by atoms with E-state index in [1.165, 1.54) is 0 Å². The summed E-state index contributed by atoms with van der Waals surface area (Å²) in [5, 5.41) is 4.00. The molecule has 134 valence electrons. The Morgan fingerprint density at radius 2 is 2.12 bits per heavy atom. The second-order valence-corrected chi connectivity index (χ2v) is 6.37. The van der Waals surface area contributed by atoms with Crippen molar-refractivity contribution < 1.29 is 18.8 Å². The standard InChI is InChI=1S/C18H23N3O4/c1-12(2)18-19-17(20-25-18)15-11-21(8-9-24-15)16(22)10-13-4-6-14(23-3)7-5-13/h4-7,12,15H,8-11H2,1-3H3. The molecule has 0 spiro atoms. The van der Waals surface area contributed by atoms with Crippen LogP contribution in [0.3, 0.4) is 0 Å². The van der Waals surface area contributed by atoms with Crippen molar-refractivity contribution in [2.45, 2.75) is 32.3 Å². The van der Waals surface area contributed by atoms with Crippen LogP contribution in [0.4, 0.5) is 0 Å². The SMILES string of the molecule is COc1ccc(CC(=O)N2CCOC(c3noc(C(C)C)n3)C2)cc1. The summed E-state index contributed by atoms with van der Waals surface area (Å²) >= 11 is 0. The maximum absolute atomic E-state index is 12.6. The van der Waals surface area contributed by atoms with Gasteiger partial charge in [0.1, 0.15) is 11.9 Å². The number of hydrogen-bond acceptors (Lipinski definition) is 6. The van der Waals surface area contributed by atoms with Gasteiger partial charge < -0.3 is 18.9 Å². The molecule has 0 bridgehead atoms. The van der Waals surface area contributed by atoms with E-state index >= 15 is 0 Å². The highest BCUT2D eigenvalue weighted by molar-refractivity contribution is 5.79. The van der Waals surface area contributed by atoms with E-state index in [0.717, 1.165) is 11.3 Å². The molecule has 7 heteroatoms. The molecule has 2 aromatic rings. The fraction of sp³-hybridized carbons (Fsp3) is 0.500. The number of amides is 1. The lowest BCUT2D eigenvalue weighted by molar-refractivity contribution is -0.138. The van der Waals surface area contributed by atoms with Gasteiger partial charge in [0.15, 0.2) is 0 Å². The molecule has 1 aromatic heterocycles. The van der Waals surface area contributed by atoms with Crippen molar-refractivity contribution in [3.8, 4) is 5.75 Å². The zero-order valence-electron chi connectivity index (χ0n) is 14.8. The lowest BCUT2D eigenvalue weighted by atomic mass is 10.1. The van der Waals surface area contributed by atoms with Crippen LogP contribution in [0.2, 0.25) is 0 Å². The topological polar surface area (TPSA) is 77.7 Å². The van der Waals surface area contributed by atoms with Gasteiger partial charge in [0.05, 0.1) is 26.7 Å². The van der Waals surface area contributed by atoms with Crippen molar-refractivity contribution in [1.82, 2.24) is 15.0 Å². The van der Waals surface area contributed by atoms with Crippen LogP contribution in [0, 0.1) is 0 Å². The van der Waals surface area contributed by atoms with Crippen LogP contribution < -0.4 is 4.74 Å². The third kappa shape index (κ3) is 4.17. The van der Waals surface area contributed by atoms with Gasteiger partial charge in [-0.2, -0.15) is 4.98 Å². The highest BCUT2D eigenvalue weighted by Crippen LogP contribution is 2.22. The number of methoxy groups -OCH3 is 1. The van der Waals surface area contributed by atoms with Crippen LogP contribution in [-0.2, 0) is 16.0 Å². The number of carbonyl (C=O) groups is 1. The molecular formula is C18H23N3O4. The van der Waals surface area contributed by atoms with Gasteiger partial charge in [0.25, 0.3) is 0 Å². The largest absolute Gasteiger partial charge is 0.497 e. The van der Waals surface area contributed by atoms with Crippen molar-refractivity contribution in [3.05, 3.63) is 41.5 Å². The number of carbonyl (C=O) groups excluding carboxylic acids is 1. The summed E-state index contributed by atoms with van der Waals surface area (Å²) in [4.78, 5) is 18.8. The molecule has 1 saturated heterocycles. The van der Waals surface area contributed by atoms with Crippen molar-refractivity contribution in [2.24, 2.45) is 0 Å². The predicted molar refractivity (Wildman–Crippen MR) is 90.4 cm³/mol. The molecule has 3 rings (SSSR count). The molecule has 25 heavy (non-hydrogen) atoms. The highest BCUT2D eigenvalue weighted by atomic mass is 16.5. The Bertz CT molecular complexity index is 711. The van der Waals surface area contributed by atoms with Gasteiger partial charge in [-0.15, -0.1) is 0 Å². The zero-order chi connectivity index (χ0) is 17.8. The molecule has 1 aliphatic heterocycles. The van der Waals surface area contributed by atoms with Crippen molar-refractivity contribution in [2.75, 3.05) is 26.8 Å². The Kier molecular flexibility index (Phi) is 5.33. The van der Waals surface area contributed by atoms with Crippen LogP contribution in [0.1, 0.15) is 43.1 Å². The smallest absolute Gasteiger partial charge is 0.229 e. The van der Waals surface area contributed by atoms with Crippen LogP contribution in [0.25, 0.3) is 0 Å². The second-order valence-electron chi connectivity index (χ2n) is 6.37. The molecule has 0 radical (unpaired) electrons. The monoisotopic (exact) mass is 345 g/mol. The van der Waals surface area contributed by atoms with E-state index in [0.29, 0.717) is 37.8 Å². The van der Waals surface area contributed by atoms with Crippen molar-refractivity contribution >= 4 is 5.91 Å². The van der Waals surface area contributed by atoms with Gasteiger partial charge in [-0.25, -0.2) is 0 Å². The first-order valence-electron chi connectivity index (χ1n) is 8.42. The number of benzene rings is 1. The average Bonchev–Trinajstić information content (AvgIpc) is 3.13. The summed E-state index contributed by atoms with van der Waals surface area (Å²) in [6, 6.07) is 7.53. The second kappa shape index (κ2) is 7.65. The van der Waals surface area contributed by atoms with Gasteiger partial charge in [0.2, 0.25) is 17.6 Å². The minimum absolute atomic E-state index is 0.0612. The van der Waals surface area contributed by atoms with E-state index in [9.17, 15) is 4.79 Å². The summed E-state index contributed by atoms with van der Waals surface area (Å²) in [7, 11) is 1.62. The van der Waals surface area contributed by atoms with Crippen LogP contribution in [0.5, 0.6) is 5.75 Å². The molecule has 0 aliphatic carbocycles. The summed E-state index contributed by atoms with van der Waals surface area (Å²) < 4.78 is 16.1. The lowest BCUT2D eigenvalue weighted by Gasteiger charge is -2.31. The minimum Gasteiger partial charge on any atom is -0.497 e. The van der Waals surface area contributed by atoms with Crippen LogP contribution in [0.15, 0.2) is 28.8 Å². The average molecular weight is 345 g/mol. The third-order valence-corrected chi connectivity index (χ3v) is 4.17. The Morgan fingerprint density at radius 1 is 1.36 bits per heavy atom. The number of aromatic nitrogens is 2. The van der Waals surface area contributed by atoms with Gasteiger partial charge >= 0.3 is 0 Å². The third-order valence-electron chi connectivity index (χ3n) is 4.17. The molecule has 1 aromatic carbocycles. The van der Waals surface area contributed by atoms with E-state index in [4.69, 9.17) is 14.0 Å². The molecule has 1 fully saturated rings. The van der Waals surface area contributed by atoms with Gasteiger partial charge in [-0.3, -0.25) is 4.79 Å². The van der Waals surface area contributed by atoms with E-state index in [2.05, 4.69) is 10.1 Å². The molecule has 7 nitrogen and oxygen atoms in total. The summed E-state index contributed by atoms with van der Waals surface area (Å²) in [5.41, 5.74) is 0.954. The van der Waals surface area contributed by atoms with Crippen LogP contribution in [-0.4, -0.2) is 47.8 Å². The van der Waals surface area contributed by atoms with Crippen molar-refractivity contribution in [3.63, 3.8) is 0 Å². The molecule has 1 amide bonds. The molecule has 1 aliphatic rings. The first-order valence-corrected chi connectivity index (χ1v) is 8.42. The first-order chi connectivity index (χ1) is 12.1. The Balaban J connectivity index is 1.62. The summed E-state index contributed by atoms with van der Waals surface area (Å²) in [5.74, 6) is 2.09. The van der Waals surface area contributed by atoms with E-state index in [1.807, 2.05) is 38.1 Å². The first kappa shape index (κ1) is 17.4. The number of rotatable bonds is 5. The minimum atomic E-state index is -0.343. The fourth-order valence-electron chi connectivity index (χ4n) is 2.67. The van der Waals surface area contributed by atoms with Gasteiger partial charge in [0, 0.05) is 12.5 Å². The number of nitrogens with zero attached hydrogens (tertiary/aromatic N) is 3. The Hall–Kier alpha value is -2.41. The highest BCUT2D eigenvalue weighted by Gasteiger charge is 2.29. The molecule has 1 unspecified atom stereocenters. The van der Waals surface area contributed by atoms with Gasteiger partial charge in [-0.05, 0) is 17.7 Å². The van der Waals surface area contributed by atoms with E-state index < -0.39 is 0 Å². The Labute approximate surface area is 146 Å². The maximum Gasteiger partial charge on any atom is 0.229 e. The number of morpholine rings is 1. The fourth-order valence-corrected chi connectivity index (χ4v) is 2.67. The number of ether oxygens (including phenoxy) is 2. The van der Waals surface area contributed by atoms with E-state index in [1.54, 1.807) is 12.0 Å². The molecule has 2 heterocycles. The Morgan fingerprint density at radius 3 is 2.76 bits per heavy atom. The van der Waals surface area contributed by atoms with Crippen LogP contribution >= 0.6 is 0 Å². The molecule has 0 saturated carbocycles. The summed E-state index contributed by atoms with van der Waals surface area (Å²) in [6.07, 6.45) is 0.00466. The molecule has 0 N–H and O–H groups in total. The maximum atomic E-state index is 12.6. The molecule has 1 atom stereocenters. The normalized spacial score (nSPS) is 17.8. The quantitative estimate of drug-likeness (QED) is 0.828. The predicted octanol–water partition coefficient (Wildman–Crippen LogP) is 2.34. The van der Waals surface area contributed by atoms with Gasteiger partial charge in [-0.1, -0.05) is 31.1 Å². The zero-order valence-corrected chi connectivity index (χ0v) is 14.8. The van der Waals surface area contributed by atoms with Crippen molar-refractivity contribution in [1.29, 1.82) is 0 Å². The number of hydrogen-bond donors (Lipinski definition) is 0. The summed E-state index contributed by atoms with van der Waals surface area (Å²) in [6.45, 7) is 5.45. The lowest BCUT2D eigenvalue weighted by Crippen LogP contribution is -2.43. The molecular weight excluding hydrogens is 322 g/mol.